The van der Waals surface area contributed by atoms with Crippen molar-refractivity contribution in [1.82, 2.24) is 0 Å². The maximum absolute atomic E-state index is 10.7. The third-order valence-corrected chi connectivity index (χ3v) is 14.3. The first kappa shape index (κ1) is 60.5. The Bertz CT molecular complexity index is 764. The highest BCUT2D eigenvalue weighted by Crippen LogP contribution is 2.19. The molecule has 0 radical (unpaired) electrons. The van der Waals surface area contributed by atoms with Crippen LogP contribution in [0, 0.1) is 0 Å². The van der Waals surface area contributed by atoms with E-state index in [-0.39, 0.29) is 5.91 Å². The molecular formula is C59H119NO. The van der Waals surface area contributed by atoms with Gasteiger partial charge in [0.2, 0.25) is 5.91 Å². The second-order valence-electron chi connectivity index (χ2n) is 20.7. The van der Waals surface area contributed by atoms with E-state index in [0.29, 0.717) is 6.42 Å². The van der Waals surface area contributed by atoms with Crippen molar-refractivity contribution in [2.45, 2.75) is 373 Å². The van der Waals surface area contributed by atoms with Crippen molar-refractivity contribution in [2.24, 2.45) is 5.73 Å². The lowest BCUT2D eigenvalue weighted by Gasteiger charge is -2.05. The van der Waals surface area contributed by atoms with E-state index in [0.717, 1.165) is 6.42 Å². The van der Waals surface area contributed by atoms with Gasteiger partial charge in [-0.2, -0.15) is 0 Å². The lowest BCUT2D eigenvalue weighted by Crippen LogP contribution is -2.09. The van der Waals surface area contributed by atoms with E-state index in [1.165, 1.54) is 353 Å². The molecule has 0 aliphatic carbocycles. The SMILES string of the molecule is CCCCCCCCCCCCCCCCCCCCCCCCCCCCCCCCCCCCCCCCCCCCCCCCCCCCCCCCCCC(N)=O. The van der Waals surface area contributed by atoms with Crippen LogP contribution in [0.4, 0.5) is 0 Å². The molecular weight excluding hydrogens is 739 g/mol. The summed E-state index contributed by atoms with van der Waals surface area (Å²) in [5.41, 5.74) is 5.20. The van der Waals surface area contributed by atoms with Gasteiger partial charge in [-0.3, -0.25) is 4.79 Å². The molecule has 2 heteroatoms. The van der Waals surface area contributed by atoms with Crippen molar-refractivity contribution in [2.75, 3.05) is 0 Å². The molecule has 0 heterocycles. The summed E-state index contributed by atoms with van der Waals surface area (Å²) in [5.74, 6) is -0.145. The van der Waals surface area contributed by atoms with Crippen molar-refractivity contribution < 1.29 is 4.79 Å². The zero-order valence-corrected chi connectivity index (χ0v) is 42.8. The fourth-order valence-corrected chi connectivity index (χ4v) is 9.92. The number of primary amides is 1. The van der Waals surface area contributed by atoms with Gasteiger partial charge in [0.05, 0.1) is 0 Å². The molecule has 0 atom stereocenters. The first-order valence-electron chi connectivity index (χ1n) is 29.6. The van der Waals surface area contributed by atoms with Crippen LogP contribution in [0.3, 0.4) is 0 Å². The average molecular weight is 859 g/mol. The molecule has 2 nitrogen and oxygen atoms in total. The third-order valence-electron chi connectivity index (χ3n) is 14.3. The molecule has 61 heavy (non-hydrogen) atoms. The lowest BCUT2D eigenvalue weighted by molar-refractivity contribution is -0.118. The van der Waals surface area contributed by atoms with Crippen molar-refractivity contribution in [3.8, 4) is 0 Å². The predicted molar refractivity (Wildman–Crippen MR) is 278 cm³/mol. The van der Waals surface area contributed by atoms with Crippen molar-refractivity contribution in [3.05, 3.63) is 0 Å². The zero-order valence-electron chi connectivity index (χ0n) is 42.8. The molecule has 2 N–H and O–H groups in total. The molecule has 0 aromatic rings. The Balaban J connectivity index is 3.06. The third kappa shape index (κ3) is 59.5. The Morgan fingerprint density at radius 2 is 0.295 bits per heavy atom. The normalized spacial score (nSPS) is 11.6. The molecule has 0 aliphatic rings. The maximum Gasteiger partial charge on any atom is 0.217 e. The number of carbonyl (C=O) groups excluding carboxylic acids is 1. The van der Waals surface area contributed by atoms with Crippen LogP contribution in [0.15, 0.2) is 0 Å². The Kier molecular flexibility index (Phi) is 57.0. The van der Waals surface area contributed by atoms with Crippen LogP contribution in [-0.4, -0.2) is 5.91 Å². The molecule has 0 aromatic heterocycles. The van der Waals surface area contributed by atoms with Gasteiger partial charge in [-0.15, -0.1) is 0 Å². The predicted octanol–water partition coefficient (Wildman–Crippen LogP) is 21.7. The fourth-order valence-electron chi connectivity index (χ4n) is 9.92. The van der Waals surface area contributed by atoms with Crippen LogP contribution < -0.4 is 5.73 Å². The number of unbranched alkanes of at least 4 members (excludes halogenated alkanes) is 55. The van der Waals surface area contributed by atoms with E-state index in [1.807, 2.05) is 0 Å². The second kappa shape index (κ2) is 57.5. The van der Waals surface area contributed by atoms with Gasteiger partial charge in [-0.1, -0.05) is 360 Å². The monoisotopic (exact) mass is 858 g/mol. The molecule has 0 saturated heterocycles. The highest BCUT2D eigenvalue weighted by atomic mass is 16.1. The number of hydrogen-bond donors (Lipinski definition) is 1. The largest absolute Gasteiger partial charge is 0.370 e. The van der Waals surface area contributed by atoms with E-state index in [4.69, 9.17) is 5.73 Å². The minimum Gasteiger partial charge on any atom is -0.370 e. The molecule has 0 spiro atoms. The molecule has 0 saturated carbocycles. The number of nitrogens with two attached hydrogens (primary N) is 1. The highest BCUT2D eigenvalue weighted by molar-refractivity contribution is 5.73. The van der Waals surface area contributed by atoms with Gasteiger partial charge in [0.1, 0.15) is 0 Å². The summed E-state index contributed by atoms with van der Waals surface area (Å²) in [6.07, 6.45) is 82.1. The standard InChI is InChI=1S/C59H119NO/c1-2-3-4-5-6-7-8-9-10-11-12-13-14-15-16-17-18-19-20-21-22-23-24-25-26-27-28-29-30-31-32-33-34-35-36-37-38-39-40-41-42-43-44-45-46-47-48-49-50-51-52-53-54-55-56-57-58-59(60)61/h2-58H2,1H3,(H2,60,61). The van der Waals surface area contributed by atoms with Gasteiger partial charge >= 0.3 is 0 Å². The van der Waals surface area contributed by atoms with E-state index < -0.39 is 0 Å². The van der Waals surface area contributed by atoms with E-state index in [2.05, 4.69) is 6.92 Å². The summed E-state index contributed by atoms with van der Waals surface area (Å²) in [6.45, 7) is 2.31. The Hall–Kier alpha value is -0.530. The Morgan fingerprint density at radius 1 is 0.197 bits per heavy atom. The summed E-state index contributed by atoms with van der Waals surface area (Å²) >= 11 is 0. The Morgan fingerprint density at radius 3 is 0.393 bits per heavy atom. The van der Waals surface area contributed by atoms with Crippen molar-refractivity contribution in [1.29, 1.82) is 0 Å². The molecule has 0 aliphatic heterocycles. The lowest BCUT2D eigenvalue weighted by atomic mass is 10.0. The molecule has 366 valence electrons. The minimum absolute atomic E-state index is 0.145. The van der Waals surface area contributed by atoms with E-state index in [9.17, 15) is 4.79 Å². The van der Waals surface area contributed by atoms with E-state index in [1.54, 1.807) is 0 Å². The van der Waals surface area contributed by atoms with Crippen LogP contribution in [0.1, 0.15) is 373 Å². The van der Waals surface area contributed by atoms with E-state index >= 15 is 0 Å². The van der Waals surface area contributed by atoms with Crippen molar-refractivity contribution >= 4 is 5.91 Å². The molecule has 0 fully saturated rings. The smallest absolute Gasteiger partial charge is 0.217 e. The Labute approximate surface area is 387 Å². The minimum atomic E-state index is -0.145. The van der Waals surface area contributed by atoms with Gasteiger partial charge < -0.3 is 5.73 Å². The summed E-state index contributed by atoms with van der Waals surface area (Å²) in [7, 11) is 0. The topological polar surface area (TPSA) is 43.1 Å². The van der Waals surface area contributed by atoms with Gasteiger partial charge in [0.25, 0.3) is 0 Å². The van der Waals surface area contributed by atoms with Crippen LogP contribution >= 0.6 is 0 Å². The number of hydrogen-bond acceptors (Lipinski definition) is 1. The van der Waals surface area contributed by atoms with Crippen LogP contribution in [0.2, 0.25) is 0 Å². The maximum atomic E-state index is 10.7. The highest BCUT2D eigenvalue weighted by Gasteiger charge is 2.00. The van der Waals surface area contributed by atoms with Crippen molar-refractivity contribution in [3.63, 3.8) is 0 Å². The number of carbonyl (C=O) groups is 1. The molecule has 0 rings (SSSR count). The summed E-state index contributed by atoms with van der Waals surface area (Å²) in [5, 5.41) is 0. The molecule has 0 aromatic carbocycles. The molecule has 1 amide bonds. The summed E-state index contributed by atoms with van der Waals surface area (Å²) in [4.78, 5) is 10.7. The van der Waals surface area contributed by atoms with Gasteiger partial charge in [-0.25, -0.2) is 0 Å². The van der Waals surface area contributed by atoms with Gasteiger partial charge in [0, 0.05) is 6.42 Å². The van der Waals surface area contributed by atoms with Gasteiger partial charge in [-0.05, 0) is 6.42 Å². The van der Waals surface area contributed by atoms with Gasteiger partial charge in [0.15, 0.2) is 0 Å². The van der Waals surface area contributed by atoms with Crippen LogP contribution in [0.25, 0.3) is 0 Å². The number of rotatable bonds is 57. The van der Waals surface area contributed by atoms with Crippen LogP contribution in [0.5, 0.6) is 0 Å². The summed E-state index contributed by atoms with van der Waals surface area (Å²) < 4.78 is 0. The summed E-state index contributed by atoms with van der Waals surface area (Å²) in [6, 6.07) is 0. The number of amides is 1. The zero-order chi connectivity index (χ0) is 43.9. The molecule has 0 bridgehead atoms. The first-order chi connectivity index (χ1) is 30.3. The van der Waals surface area contributed by atoms with Crippen LogP contribution in [-0.2, 0) is 4.79 Å². The quantitative estimate of drug-likeness (QED) is 0.0609. The first-order valence-corrected chi connectivity index (χ1v) is 29.6. The second-order valence-corrected chi connectivity index (χ2v) is 20.7. The fraction of sp³-hybridized carbons (Fsp3) is 0.983. The average Bonchev–Trinajstić information content (AvgIpc) is 3.26. The molecule has 0 unspecified atom stereocenters.